The summed E-state index contributed by atoms with van der Waals surface area (Å²) in [7, 11) is 0. The van der Waals surface area contributed by atoms with Crippen LogP contribution in [-0.2, 0) is 0 Å². The Bertz CT molecular complexity index is 270. The third-order valence-electron chi connectivity index (χ3n) is 1.71. The first-order valence-corrected chi connectivity index (χ1v) is 4.04. The van der Waals surface area contributed by atoms with E-state index in [-0.39, 0.29) is 5.82 Å². The molecule has 0 radical (unpaired) electrons. The smallest absolute Gasteiger partial charge is 0.138 e. The number of benzene rings is 1. The molecule has 0 aromatic heterocycles. The molecule has 0 saturated heterocycles. The summed E-state index contributed by atoms with van der Waals surface area (Å²) in [5.74, 6) is -0.255. The van der Waals surface area contributed by atoms with Gasteiger partial charge in [-0.3, -0.25) is 0 Å². The molecule has 0 atom stereocenters. The lowest BCUT2D eigenvalue weighted by Gasteiger charge is -2.06. The zero-order valence-electron chi connectivity index (χ0n) is 6.41. The van der Waals surface area contributed by atoms with Crippen molar-refractivity contribution in [3.05, 3.63) is 27.5 Å². The Kier molecular flexibility index (Phi) is 2.18. The van der Waals surface area contributed by atoms with Crippen LogP contribution in [0.2, 0.25) is 0 Å². The summed E-state index contributed by atoms with van der Waals surface area (Å²) in [5, 5.41) is 0. The standard InChI is InChI=1S/C8H9BrFN/c1-4-3-6(10)7(9)5(2)8(4)11/h3H,11H2,1-2H3. The summed E-state index contributed by atoms with van der Waals surface area (Å²) in [5.41, 5.74) is 7.85. The molecule has 0 heterocycles. The van der Waals surface area contributed by atoms with Crippen molar-refractivity contribution >= 4 is 21.6 Å². The molecule has 11 heavy (non-hydrogen) atoms. The van der Waals surface area contributed by atoms with Gasteiger partial charge in [0.2, 0.25) is 0 Å². The van der Waals surface area contributed by atoms with Gasteiger partial charge in [-0.2, -0.15) is 0 Å². The Morgan fingerprint density at radius 3 is 2.55 bits per heavy atom. The Morgan fingerprint density at radius 1 is 1.45 bits per heavy atom. The summed E-state index contributed by atoms with van der Waals surface area (Å²) < 4.78 is 13.4. The van der Waals surface area contributed by atoms with E-state index in [1.165, 1.54) is 6.07 Å². The minimum Gasteiger partial charge on any atom is -0.398 e. The normalized spacial score (nSPS) is 10.2. The van der Waals surface area contributed by atoms with Crippen molar-refractivity contribution < 1.29 is 4.39 Å². The van der Waals surface area contributed by atoms with Crippen LogP contribution in [-0.4, -0.2) is 0 Å². The molecule has 0 unspecified atom stereocenters. The van der Waals surface area contributed by atoms with Gasteiger partial charge in [-0.1, -0.05) is 0 Å². The zero-order valence-corrected chi connectivity index (χ0v) is 8.00. The van der Waals surface area contributed by atoms with Crippen molar-refractivity contribution in [2.45, 2.75) is 13.8 Å². The molecule has 1 aromatic carbocycles. The number of anilines is 1. The molecule has 1 nitrogen and oxygen atoms in total. The van der Waals surface area contributed by atoms with E-state index in [2.05, 4.69) is 15.9 Å². The van der Waals surface area contributed by atoms with Crippen LogP contribution >= 0.6 is 15.9 Å². The number of nitrogen functional groups attached to an aromatic ring is 1. The second-order valence-electron chi connectivity index (χ2n) is 2.53. The van der Waals surface area contributed by atoms with E-state index in [4.69, 9.17) is 5.73 Å². The first kappa shape index (κ1) is 8.53. The molecule has 60 valence electrons. The fourth-order valence-electron chi connectivity index (χ4n) is 0.924. The van der Waals surface area contributed by atoms with Gasteiger partial charge < -0.3 is 5.73 Å². The van der Waals surface area contributed by atoms with Crippen LogP contribution in [0.3, 0.4) is 0 Å². The minimum atomic E-state index is -0.255. The van der Waals surface area contributed by atoms with Crippen molar-refractivity contribution in [2.75, 3.05) is 5.73 Å². The summed E-state index contributed by atoms with van der Waals surface area (Å²) in [6.45, 7) is 3.58. The maximum atomic E-state index is 12.9. The van der Waals surface area contributed by atoms with Crippen molar-refractivity contribution in [3.63, 3.8) is 0 Å². The first-order chi connectivity index (χ1) is 5.04. The van der Waals surface area contributed by atoms with Gasteiger partial charge in [-0.05, 0) is 47.0 Å². The average molecular weight is 218 g/mol. The molecule has 0 saturated carbocycles. The van der Waals surface area contributed by atoms with E-state index < -0.39 is 0 Å². The fraction of sp³-hybridized carbons (Fsp3) is 0.250. The number of hydrogen-bond acceptors (Lipinski definition) is 1. The molecule has 2 N–H and O–H groups in total. The molecule has 0 bridgehead atoms. The molecular weight excluding hydrogens is 209 g/mol. The van der Waals surface area contributed by atoms with Crippen molar-refractivity contribution in [1.82, 2.24) is 0 Å². The molecular formula is C8H9BrFN. The predicted octanol–water partition coefficient (Wildman–Crippen LogP) is 2.79. The number of rotatable bonds is 0. The van der Waals surface area contributed by atoms with E-state index in [9.17, 15) is 4.39 Å². The molecule has 0 fully saturated rings. The monoisotopic (exact) mass is 217 g/mol. The van der Waals surface area contributed by atoms with E-state index in [1.54, 1.807) is 13.8 Å². The lowest BCUT2D eigenvalue weighted by molar-refractivity contribution is 0.618. The summed E-state index contributed by atoms with van der Waals surface area (Å²) >= 11 is 3.11. The second kappa shape index (κ2) is 2.81. The fourth-order valence-corrected chi connectivity index (χ4v) is 1.25. The van der Waals surface area contributed by atoms with Crippen LogP contribution in [0.1, 0.15) is 11.1 Å². The Morgan fingerprint density at radius 2 is 2.00 bits per heavy atom. The zero-order chi connectivity index (χ0) is 8.59. The van der Waals surface area contributed by atoms with Gasteiger partial charge in [0.15, 0.2) is 0 Å². The summed E-state index contributed by atoms with van der Waals surface area (Å²) in [4.78, 5) is 0. The third kappa shape index (κ3) is 1.38. The molecule has 0 aliphatic carbocycles. The van der Waals surface area contributed by atoms with Crippen molar-refractivity contribution in [3.8, 4) is 0 Å². The van der Waals surface area contributed by atoms with Gasteiger partial charge in [-0.15, -0.1) is 0 Å². The summed E-state index contributed by atoms with van der Waals surface area (Å²) in [6, 6.07) is 1.42. The van der Waals surface area contributed by atoms with Gasteiger partial charge in [0.05, 0.1) is 4.47 Å². The number of aryl methyl sites for hydroxylation is 1. The van der Waals surface area contributed by atoms with Gasteiger partial charge >= 0.3 is 0 Å². The number of nitrogens with two attached hydrogens (primary N) is 1. The highest BCUT2D eigenvalue weighted by Crippen LogP contribution is 2.27. The SMILES string of the molecule is Cc1cc(F)c(Br)c(C)c1N. The highest BCUT2D eigenvalue weighted by Gasteiger charge is 2.07. The van der Waals surface area contributed by atoms with Crippen LogP contribution in [0, 0.1) is 19.7 Å². The van der Waals surface area contributed by atoms with Crippen molar-refractivity contribution in [2.24, 2.45) is 0 Å². The number of halogens is 2. The van der Waals surface area contributed by atoms with E-state index >= 15 is 0 Å². The lowest BCUT2D eigenvalue weighted by Crippen LogP contribution is -1.96. The van der Waals surface area contributed by atoms with Gasteiger partial charge in [0.25, 0.3) is 0 Å². The van der Waals surface area contributed by atoms with Crippen LogP contribution in [0.5, 0.6) is 0 Å². The number of hydrogen-bond donors (Lipinski definition) is 1. The predicted molar refractivity (Wildman–Crippen MR) is 48.0 cm³/mol. The Hall–Kier alpha value is -0.570. The third-order valence-corrected chi connectivity index (χ3v) is 2.68. The molecule has 1 rings (SSSR count). The highest BCUT2D eigenvalue weighted by atomic mass is 79.9. The van der Waals surface area contributed by atoms with Crippen LogP contribution in [0.25, 0.3) is 0 Å². The Balaban J connectivity index is 3.46. The average Bonchev–Trinajstić information content (AvgIpc) is 1.97. The van der Waals surface area contributed by atoms with E-state index in [0.29, 0.717) is 10.2 Å². The molecule has 0 aliphatic rings. The topological polar surface area (TPSA) is 26.0 Å². The van der Waals surface area contributed by atoms with E-state index in [1.807, 2.05) is 0 Å². The Labute approximate surface area is 73.5 Å². The van der Waals surface area contributed by atoms with Crippen LogP contribution in [0.15, 0.2) is 10.5 Å². The quantitative estimate of drug-likeness (QED) is 0.665. The van der Waals surface area contributed by atoms with Crippen LogP contribution in [0.4, 0.5) is 10.1 Å². The van der Waals surface area contributed by atoms with Gasteiger partial charge in [0, 0.05) is 5.69 Å². The summed E-state index contributed by atoms with van der Waals surface area (Å²) in [6.07, 6.45) is 0. The molecule has 0 spiro atoms. The first-order valence-electron chi connectivity index (χ1n) is 3.24. The largest absolute Gasteiger partial charge is 0.398 e. The minimum absolute atomic E-state index is 0.255. The van der Waals surface area contributed by atoms with Crippen molar-refractivity contribution in [1.29, 1.82) is 0 Å². The highest BCUT2D eigenvalue weighted by molar-refractivity contribution is 9.10. The molecule has 3 heteroatoms. The van der Waals surface area contributed by atoms with E-state index in [0.717, 1.165) is 11.1 Å². The van der Waals surface area contributed by atoms with Gasteiger partial charge in [-0.25, -0.2) is 4.39 Å². The molecule has 1 aromatic rings. The maximum absolute atomic E-state index is 12.9. The second-order valence-corrected chi connectivity index (χ2v) is 3.32. The maximum Gasteiger partial charge on any atom is 0.138 e. The molecule has 0 amide bonds. The van der Waals surface area contributed by atoms with Gasteiger partial charge in [0.1, 0.15) is 5.82 Å². The lowest BCUT2D eigenvalue weighted by atomic mass is 10.1. The van der Waals surface area contributed by atoms with Crippen LogP contribution < -0.4 is 5.73 Å². The molecule has 0 aliphatic heterocycles.